The van der Waals surface area contributed by atoms with Crippen LogP contribution in [0.2, 0.25) is 0 Å². The summed E-state index contributed by atoms with van der Waals surface area (Å²) in [6.45, 7) is 1.83. The number of ether oxygens (including phenoxy) is 3. The summed E-state index contributed by atoms with van der Waals surface area (Å²) in [5.41, 5.74) is 0.600. The lowest BCUT2D eigenvalue weighted by atomic mass is 9.97. The second-order valence-electron chi connectivity index (χ2n) is 6.70. The smallest absolute Gasteiger partial charge is 0.319 e. The lowest BCUT2D eigenvalue weighted by Crippen LogP contribution is -2.42. The summed E-state index contributed by atoms with van der Waals surface area (Å²) in [7, 11) is 4.52. The minimum atomic E-state index is -1.03. The van der Waals surface area contributed by atoms with Gasteiger partial charge in [-0.25, -0.2) is 4.79 Å². The zero-order chi connectivity index (χ0) is 20.6. The quantitative estimate of drug-likeness (QED) is 0.614. The molecule has 0 heterocycles. The van der Waals surface area contributed by atoms with Crippen molar-refractivity contribution in [2.45, 2.75) is 25.4 Å². The Morgan fingerprint density at radius 1 is 1.04 bits per heavy atom. The molecule has 2 rings (SSSR count). The Bertz CT molecular complexity index is 753. The van der Waals surface area contributed by atoms with E-state index in [4.69, 9.17) is 14.2 Å². The highest BCUT2D eigenvalue weighted by molar-refractivity contribution is 5.90. The molecule has 0 aliphatic heterocycles. The molecule has 0 aliphatic rings. The predicted molar refractivity (Wildman–Crippen MR) is 109 cm³/mol. The van der Waals surface area contributed by atoms with Crippen LogP contribution in [0.3, 0.4) is 0 Å². The van der Waals surface area contributed by atoms with Gasteiger partial charge in [0.15, 0.2) is 11.5 Å². The second kappa shape index (κ2) is 9.85. The van der Waals surface area contributed by atoms with Crippen molar-refractivity contribution in [2.75, 3.05) is 33.2 Å². The van der Waals surface area contributed by atoms with E-state index in [-0.39, 0.29) is 6.54 Å². The Morgan fingerprint density at radius 2 is 1.64 bits per heavy atom. The molecule has 0 fully saturated rings. The third kappa shape index (κ3) is 6.06. The van der Waals surface area contributed by atoms with Crippen molar-refractivity contribution in [2.24, 2.45) is 0 Å². The van der Waals surface area contributed by atoms with Gasteiger partial charge in [-0.1, -0.05) is 30.3 Å². The summed E-state index contributed by atoms with van der Waals surface area (Å²) >= 11 is 0. The van der Waals surface area contributed by atoms with Crippen molar-refractivity contribution in [1.82, 2.24) is 5.32 Å². The molecule has 0 aliphatic carbocycles. The van der Waals surface area contributed by atoms with Crippen LogP contribution >= 0.6 is 0 Å². The number of benzene rings is 2. The van der Waals surface area contributed by atoms with Crippen LogP contribution in [0.1, 0.15) is 18.9 Å². The zero-order valence-corrected chi connectivity index (χ0v) is 16.7. The molecule has 0 saturated carbocycles. The average molecular weight is 388 g/mol. The van der Waals surface area contributed by atoms with Crippen molar-refractivity contribution in [3.63, 3.8) is 0 Å². The number of carbonyl (C=O) groups is 1. The molecule has 0 saturated heterocycles. The molecule has 28 heavy (non-hydrogen) atoms. The first kappa shape index (κ1) is 21.4. The normalized spacial score (nSPS) is 12.6. The standard InChI is InChI=1S/C21H28N2O5/c1-21(25,11-10-15-8-6-5-7-9-15)14-22-20(24)23-16-12-17(26-2)19(28-4)18(13-16)27-3/h5-9,12-13,25H,10-11,14H2,1-4H3,(H2,22,23,24). The number of aliphatic hydroxyl groups is 1. The third-order valence-corrected chi connectivity index (χ3v) is 4.35. The SMILES string of the molecule is COc1cc(NC(=O)NCC(C)(O)CCc2ccccc2)cc(OC)c1OC. The van der Waals surface area contributed by atoms with Gasteiger partial charge >= 0.3 is 6.03 Å². The lowest BCUT2D eigenvalue weighted by molar-refractivity contribution is 0.0539. The van der Waals surface area contributed by atoms with Gasteiger partial charge in [-0.05, 0) is 25.3 Å². The molecule has 2 aromatic carbocycles. The van der Waals surface area contributed by atoms with Crippen LogP contribution in [0.5, 0.6) is 17.2 Å². The van der Waals surface area contributed by atoms with Gasteiger partial charge in [0.25, 0.3) is 0 Å². The highest BCUT2D eigenvalue weighted by Crippen LogP contribution is 2.39. The van der Waals surface area contributed by atoms with Crippen LogP contribution in [-0.2, 0) is 6.42 Å². The Hall–Kier alpha value is -2.93. The number of carbonyl (C=O) groups excluding carboxylic acids is 1. The van der Waals surface area contributed by atoms with E-state index in [1.165, 1.54) is 21.3 Å². The highest BCUT2D eigenvalue weighted by Gasteiger charge is 2.21. The highest BCUT2D eigenvalue weighted by atomic mass is 16.5. The monoisotopic (exact) mass is 388 g/mol. The van der Waals surface area contributed by atoms with Gasteiger partial charge in [0, 0.05) is 18.7 Å². The van der Waals surface area contributed by atoms with Gasteiger partial charge in [0.1, 0.15) is 0 Å². The minimum Gasteiger partial charge on any atom is -0.493 e. The van der Waals surface area contributed by atoms with Crippen molar-refractivity contribution in [3.8, 4) is 17.2 Å². The van der Waals surface area contributed by atoms with Gasteiger partial charge < -0.3 is 30.0 Å². The lowest BCUT2D eigenvalue weighted by Gasteiger charge is -2.24. The molecule has 1 atom stereocenters. The van der Waals surface area contributed by atoms with Crippen LogP contribution in [0.25, 0.3) is 0 Å². The van der Waals surface area contributed by atoms with Gasteiger partial charge in [0.05, 0.1) is 32.6 Å². The third-order valence-electron chi connectivity index (χ3n) is 4.35. The number of urea groups is 1. The molecule has 2 aromatic rings. The van der Waals surface area contributed by atoms with Crippen LogP contribution in [0, 0.1) is 0 Å². The molecule has 1 unspecified atom stereocenters. The van der Waals surface area contributed by atoms with Crippen LogP contribution < -0.4 is 24.8 Å². The van der Waals surface area contributed by atoms with Crippen molar-refractivity contribution in [1.29, 1.82) is 0 Å². The zero-order valence-electron chi connectivity index (χ0n) is 16.7. The first-order valence-corrected chi connectivity index (χ1v) is 8.99. The fourth-order valence-electron chi connectivity index (χ4n) is 2.75. The maximum absolute atomic E-state index is 12.2. The fraction of sp³-hybridized carbons (Fsp3) is 0.381. The Kier molecular flexibility index (Phi) is 7.52. The fourth-order valence-corrected chi connectivity index (χ4v) is 2.75. The molecule has 0 bridgehead atoms. The molecule has 0 spiro atoms. The number of methoxy groups -OCH3 is 3. The number of rotatable bonds is 9. The van der Waals surface area contributed by atoms with Crippen molar-refractivity contribution >= 4 is 11.7 Å². The van der Waals surface area contributed by atoms with E-state index < -0.39 is 11.6 Å². The van der Waals surface area contributed by atoms with Crippen molar-refractivity contribution in [3.05, 3.63) is 48.0 Å². The summed E-state index contributed by atoms with van der Waals surface area (Å²) < 4.78 is 15.8. The average Bonchev–Trinajstić information content (AvgIpc) is 2.71. The van der Waals surface area contributed by atoms with Crippen LogP contribution in [0.15, 0.2) is 42.5 Å². The van der Waals surface area contributed by atoms with Gasteiger partial charge in [0.2, 0.25) is 5.75 Å². The summed E-state index contributed by atoms with van der Waals surface area (Å²) in [6.07, 6.45) is 1.26. The largest absolute Gasteiger partial charge is 0.493 e. The second-order valence-corrected chi connectivity index (χ2v) is 6.70. The Labute approximate surface area is 165 Å². The van der Waals surface area contributed by atoms with E-state index in [9.17, 15) is 9.90 Å². The van der Waals surface area contributed by atoms with E-state index in [1.54, 1.807) is 19.1 Å². The summed E-state index contributed by atoms with van der Waals surface area (Å²) in [6, 6.07) is 12.7. The van der Waals surface area contributed by atoms with Gasteiger partial charge in [-0.3, -0.25) is 0 Å². The van der Waals surface area contributed by atoms with Crippen molar-refractivity contribution < 1.29 is 24.1 Å². The number of hydrogen-bond acceptors (Lipinski definition) is 5. The Morgan fingerprint density at radius 3 is 2.18 bits per heavy atom. The summed E-state index contributed by atoms with van der Waals surface area (Å²) in [5, 5.41) is 15.9. The molecule has 3 N–H and O–H groups in total. The number of nitrogens with one attached hydrogen (secondary N) is 2. The number of hydrogen-bond donors (Lipinski definition) is 3. The molecule has 7 nitrogen and oxygen atoms in total. The van der Waals surface area contributed by atoms with E-state index in [0.29, 0.717) is 29.4 Å². The maximum Gasteiger partial charge on any atom is 0.319 e. The summed E-state index contributed by atoms with van der Waals surface area (Å²) in [5.74, 6) is 1.32. The molecule has 2 amide bonds. The minimum absolute atomic E-state index is 0.121. The first-order chi connectivity index (χ1) is 13.4. The predicted octanol–water partition coefficient (Wildman–Crippen LogP) is 3.22. The number of anilines is 1. The van der Waals surface area contributed by atoms with E-state index in [1.807, 2.05) is 30.3 Å². The first-order valence-electron chi connectivity index (χ1n) is 8.99. The molecule has 152 valence electrons. The van der Waals surface area contributed by atoms with Crippen LogP contribution in [0.4, 0.5) is 10.5 Å². The molecular formula is C21H28N2O5. The van der Waals surface area contributed by atoms with Crippen LogP contribution in [-0.4, -0.2) is 44.6 Å². The topological polar surface area (TPSA) is 89.1 Å². The summed E-state index contributed by atoms with van der Waals surface area (Å²) in [4.78, 5) is 12.2. The molecule has 7 heteroatoms. The van der Waals surface area contributed by atoms with E-state index >= 15 is 0 Å². The maximum atomic E-state index is 12.2. The van der Waals surface area contributed by atoms with Gasteiger partial charge in [-0.2, -0.15) is 0 Å². The molecule has 0 aromatic heterocycles. The molecule has 0 radical (unpaired) electrons. The Balaban J connectivity index is 1.92. The van der Waals surface area contributed by atoms with E-state index in [2.05, 4.69) is 10.6 Å². The molecular weight excluding hydrogens is 360 g/mol. The van der Waals surface area contributed by atoms with Gasteiger partial charge in [-0.15, -0.1) is 0 Å². The number of amides is 2. The number of aryl methyl sites for hydroxylation is 1. The van der Waals surface area contributed by atoms with E-state index in [0.717, 1.165) is 12.0 Å².